The number of aryl methyl sites for hydroxylation is 1. The molecule has 1 amide bonds. The second-order valence-corrected chi connectivity index (χ2v) is 10.7. The molecular formula is C21H30N2O3S. The standard InChI is InChI=1S/C21H30N2O3S/c1-15-3-2-4-17(11-15)14-27(25,26)23-9-7-18(8-10-23)21(24)22-20-13-16-5-6-19(20)12-16/h2-4,11,16,18-20H,5-10,12-14H2,1H3,(H,22,24). The largest absolute Gasteiger partial charge is 0.353 e. The molecule has 1 heterocycles. The Balaban J connectivity index is 1.29. The topological polar surface area (TPSA) is 66.5 Å². The summed E-state index contributed by atoms with van der Waals surface area (Å²) in [6, 6.07) is 8.01. The molecule has 3 unspecified atom stereocenters. The number of fused-ring (bicyclic) bond motifs is 2. The minimum absolute atomic E-state index is 0.0384. The second kappa shape index (κ2) is 7.55. The predicted molar refractivity (Wildman–Crippen MR) is 105 cm³/mol. The first kappa shape index (κ1) is 18.9. The number of carbonyl (C=O) groups excluding carboxylic acids is 1. The average Bonchev–Trinajstić information content (AvgIpc) is 3.24. The molecule has 2 saturated carbocycles. The smallest absolute Gasteiger partial charge is 0.223 e. The van der Waals surface area contributed by atoms with Gasteiger partial charge in [-0.3, -0.25) is 4.79 Å². The quantitative estimate of drug-likeness (QED) is 0.841. The van der Waals surface area contributed by atoms with E-state index < -0.39 is 10.0 Å². The molecule has 0 spiro atoms. The van der Waals surface area contributed by atoms with Crippen LogP contribution in [0.3, 0.4) is 0 Å². The fraction of sp³-hybridized carbons (Fsp3) is 0.667. The third-order valence-corrected chi connectivity index (χ3v) is 8.57. The van der Waals surface area contributed by atoms with Gasteiger partial charge in [0.1, 0.15) is 0 Å². The van der Waals surface area contributed by atoms with Gasteiger partial charge in [0.2, 0.25) is 15.9 Å². The number of amides is 1. The maximum absolute atomic E-state index is 12.7. The van der Waals surface area contributed by atoms with Crippen molar-refractivity contribution in [1.29, 1.82) is 0 Å². The fourth-order valence-electron chi connectivity index (χ4n) is 5.22. The first-order chi connectivity index (χ1) is 12.9. The molecule has 3 aliphatic rings. The molecule has 1 N–H and O–H groups in total. The summed E-state index contributed by atoms with van der Waals surface area (Å²) < 4.78 is 27.0. The Morgan fingerprint density at radius 2 is 1.93 bits per heavy atom. The summed E-state index contributed by atoms with van der Waals surface area (Å²) in [6.45, 7) is 2.86. The van der Waals surface area contributed by atoms with Gasteiger partial charge in [-0.2, -0.15) is 0 Å². The van der Waals surface area contributed by atoms with Gasteiger partial charge in [0, 0.05) is 25.0 Å². The van der Waals surface area contributed by atoms with Gasteiger partial charge in [-0.05, 0) is 56.4 Å². The lowest BCUT2D eigenvalue weighted by Gasteiger charge is -2.32. The zero-order valence-electron chi connectivity index (χ0n) is 16.1. The predicted octanol–water partition coefficient (Wildman–Crippen LogP) is 2.84. The Hall–Kier alpha value is -1.40. The van der Waals surface area contributed by atoms with E-state index in [1.807, 2.05) is 31.2 Å². The van der Waals surface area contributed by atoms with Crippen LogP contribution in [0.25, 0.3) is 0 Å². The van der Waals surface area contributed by atoms with Crippen molar-refractivity contribution in [3.05, 3.63) is 35.4 Å². The third-order valence-electron chi connectivity index (χ3n) is 6.72. The molecule has 3 fully saturated rings. The Kier molecular flexibility index (Phi) is 5.30. The molecule has 2 bridgehead atoms. The lowest BCUT2D eigenvalue weighted by atomic mass is 9.93. The highest BCUT2D eigenvalue weighted by Crippen LogP contribution is 2.44. The van der Waals surface area contributed by atoms with Crippen molar-refractivity contribution >= 4 is 15.9 Å². The second-order valence-electron chi connectivity index (χ2n) is 8.71. The SMILES string of the molecule is Cc1cccc(CS(=O)(=O)N2CCC(C(=O)NC3CC4CCC3C4)CC2)c1. The molecular weight excluding hydrogens is 360 g/mol. The number of nitrogens with zero attached hydrogens (tertiary/aromatic N) is 1. The molecule has 4 rings (SSSR count). The first-order valence-corrected chi connectivity index (χ1v) is 11.9. The van der Waals surface area contributed by atoms with E-state index in [9.17, 15) is 13.2 Å². The summed E-state index contributed by atoms with van der Waals surface area (Å²) in [5.74, 6) is 1.62. The average molecular weight is 391 g/mol. The highest BCUT2D eigenvalue weighted by molar-refractivity contribution is 7.88. The molecule has 1 saturated heterocycles. The van der Waals surface area contributed by atoms with E-state index in [4.69, 9.17) is 0 Å². The van der Waals surface area contributed by atoms with E-state index in [1.54, 1.807) is 4.31 Å². The lowest BCUT2D eigenvalue weighted by molar-refractivity contribution is -0.127. The summed E-state index contributed by atoms with van der Waals surface area (Å²) >= 11 is 0. The van der Waals surface area contributed by atoms with Crippen LogP contribution in [0.5, 0.6) is 0 Å². The highest BCUT2D eigenvalue weighted by Gasteiger charge is 2.41. The summed E-state index contributed by atoms with van der Waals surface area (Å²) in [6.07, 6.45) is 6.25. The summed E-state index contributed by atoms with van der Waals surface area (Å²) in [4.78, 5) is 12.6. The van der Waals surface area contributed by atoms with Crippen LogP contribution in [0.2, 0.25) is 0 Å². The molecule has 6 heteroatoms. The molecule has 5 nitrogen and oxygen atoms in total. The van der Waals surface area contributed by atoms with Gasteiger partial charge in [-0.1, -0.05) is 36.2 Å². The number of hydrogen-bond acceptors (Lipinski definition) is 3. The van der Waals surface area contributed by atoms with Gasteiger partial charge in [0.05, 0.1) is 5.75 Å². The Bertz CT molecular complexity index is 799. The molecule has 2 aliphatic carbocycles. The molecule has 27 heavy (non-hydrogen) atoms. The van der Waals surface area contributed by atoms with Crippen LogP contribution in [0, 0.1) is 24.7 Å². The normalized spacial score (nSPS) is 29.1. The number of rotatable bonds is 5. The molecule has 1 aromatic carbocycles. The Morgan fingerprint density at radius 1 is 1.15 bits per heavy atom. The van der Waals surface area contributed by atoms with Crippen LogP contribution < -0.4 is 5.32 Å². The molecule has 3 atom stereocenters. The zero-order chi connectivity index (χ0) is 19.0. The van der Waals surface area contributed by atoms with Crippen LogP contribution in [-0.2, 0) is 20.6 Å². The van der Waals surface area contributed by atoms with Crippen molar-refractivity contribution in [3.63, 3.8) is 0 Å². The highest BCUT2D eigenvalue weighted by atomic mass is 32.2. The van der Waals surface area contributed by atoms with E-state index in [1.165, 1.54) is 19.3 Å². The monoisotopic (exact) mass is 390 g/mol. The van der Waals surface area contributed by atoms with Gasteiger partial charge in [0.15, 0.2) is 0 Å². The van der Waals surface area contributed by atoms with Gasteiger partial charge >= 0.3 is 0 Å². The number of piperidine rings is 1. The van der Waals surface area contributed by atoms with Crippen molar-refractivity contribution in [2.45, 2.75) is 57.2 Å². The number of benzene rings is 1. The third kappa shape index (κ3) is 4.21. The number of hydrogen-bond donors (Lipinski definition) is 1. The Labute approximate surface area is 162 Å². The Morgan fingerprint density at radius 3 is 2.56 bits per heavy atom. The van der Waals surface area contributed by atoms with Gasteiger partial charge in [0.25, 0.3) is 0 Å². The van der Waals surface area contributed by atoms with Gasteiger partial charge in [-0.25, -0.2) is 12.7 Å². The molecule has 1 aliphatic heterocycles. The van der Waals surface area contributed by atoms with Gasteiger partial charge < -0.3 is 5.32 Å². The zero-order valence-corrected chi connectivity index (χ0v) is 16.9. The maximum Gasteiger partial charge on any atom is 0.223 e. The molecule has 0 aromatic heterocycles. The molecule has 0 radical (unpaired) electrons. The van der Waals surface area contributed by atoms with Crippen molar-refractivity contribution in [2.75, 3.05) is 13.1 Å². The summed E-state index contributed by atoms with van der Waals surface area (Å²) in [5, 5.41) is 3.27. The van der Waals surface area contributed by atoms with Crippen molar-refractivity contribution in [2.24, 2.45) is 17.8 Å². The molecule has 1 aromatic rings. The van der Waals surface area contributed by atoms with Crippen LogP contribution in [0.4, 0.5) is 0 Å². The van der Waals surface area contributed by atoms with Crippen molar-refractivity contribution < 1.29 is 13.2 Å². The van der Waals surface area contributed by atoms with E-state index in [0.29, 0.717) is 37.9 Å². The van der Waals surface area contributed by atoms with Crippen LogP contribution in [0.1, 0.15) is 49.7 Å². The van der Waals surface area contributed by atoms with E-state index in [0.717, 1.165) is 23.5 Å². The maximum atomic E-state index is 12.7. The van der Waals surface area contributed by atoms with Crippen LogP contribution in [-0.4, -0.2) is 37.8 Å². The van der Waals surface area contributed by atoms with Crippen molar-refractivity contribution in [3.8, 4) is 0 Å². The number of carbonyl (C=O) groups is 1. The summed E-state index contributed by atoms with van der Waals surface area (Å²) in [7, 11) is -3.33. The van der Waals surface area contributed by atoms with E-state index in [2.05, 4.69) is 5.32 Å². The van der Waals surface area contributed by atoms with Gasteiger partial charge in [-0.15, -0.1) is 0 Å². The van der Waals surface area contributed by atoms with Crippen molar-refractivity contribution in [1.82, 2.24) is 9.62 Å². The van der Waals surface area contributed by atoms with Crippen LogP contribution >= 0.6 is 0 Å². The number of sulfonamides is 1. The number of nitrogens with one attached hydrogen (secondary N) is 1. The first-order valence-electron chi connectivity index (χ1n) is 10.2. The minimum Gasteiger partial charge on any atom is -0.353 e. The van der Waals surface area contributed by atoms with E-state index >= 15 is 0 Å². The van der Waals surface area contributed by atoms with Crippen LogP contribution in [0.15, 0.2) is 24.3 Å². The fourth-order valence-corrected chi connectivity index (χ4v) is 6.77. The molecule has 148 valence electrons. The summed E-state index contributed by atoms with van der Waals surface area (Å²) in [5.41, 5.74) is 1.89. The lowest BCUT2D eigenvalue weighted by Crippen LogP contribution is -2.46. The minimum atomic E-state index is -3.33. The van der Waals surface area contributed by atoms with E-state index in [-0.39, 0.29) is 17.6 Å².